The molecular weight excluding hydrogens is 679 g/mol. The fraction of sp³-hybridized carbons (Fsp3) is 0. The normalized spacial score (nSPS) is 11.9. The van der Waals surface area contributed by atoms with Gasteiger partial charge in [0.05, 0.1) is 26.6 Å². The molecule has 0 aromatic heterocycles. The van der Waals surface area contributed by atoms with Crippen LogP contribution >= 0.6 is 0 Å². The van der Waals surface area contributed by atoms with Gasteiger partial charge in [-0.1, -0.05) is 30.3 Å². The van der Waals surface area contributed by atoms with Crippen LogP contribution in [0.3, 0.4) is 0 Å². The minimum Gasteiger partial charge on any atom is -0.507 e. The van der Waals surface area contributed by atoms with E-state index in [1.165, 1.54) is 30.3 Å². The van der Waals surface area contributed by atoms with Gasteiger partial charge < -0.3 is 10.4 Å². The number of nitrogens with one attached hydrogen (secondary N) is 1. The summed E-state index contributed by atoms with van der Waals surface area (Å²) in [5.74, 6) is -0.697. The van der Waals surface area contributed by atoms with E-state index in [2.05, 4.69) is 15.5 Å². The largest absolute Gasteiger partial charge is 0.507 e. The predicted molar refractivity (Wildman–Crippen MR) is 170 cm³/mol. The summed E-state index contributed by atoms with van der Waals surface area (Å²) in [6.07, 6.45) is 0. The van der Waals surface area contributed by atoms with E-state index in [9.17, 15) is 44.0 Å². The van der Waals surface area contributed by atoms with E-state index < -0.39 is 50.8 Å². The van der Waals surface area contributed by atoms with Crippen molar-refractivity contribution in [2.75, 3.05) is 5.32 Å². The molecule has 0 bridgehead atoms. The third-order valence-electron chi connectivity index (χ3n) is 6.13. The molecule has 0 saturated heterocycles. The molecule has 5 aromatic carbocycles. The molecule has 13 nitrogen and oxygen atoms in total. The van der Waals surface area contributed by atoms with E-state index in [1.807, 2.05) is 0 Å². The summed E-state index contributed by atoms with van der Waals surface area (Å²) in [6, 6.07) is 19.2. The van der Waals surface area contributed by atoms with Gasteiger partial charge in [-0.3, -0.25) is 13.7 Å². The maximum absolute atomic E-state index is 12.3. The van der Waals surface area contributed by atoms with E-state index in [1.54, 1.807) is 30.3 Å². The molecule has 0 heterocycles. The SMILES string of the molecule is O=S(=O)(O)c1cc(O)c2c(N=Nc3ccc(Nc4ccccc4)c4c(S(=O)(=O)O)cccc34)cc(S(=O)(=O)O)cc2c1.[Na].[Na].[Na]. The van der Waals surface area contributed by atoms with Gasteiger partial charge in [0.25, 0.3) is 30.4 Å². The topological polar surface area (TPSA) is 220 Å². The number of phenolic OH excluding ortho intramolecular Hbond substituents is 1. The van der Waals surface area contributed by atoms with E-state index >= 15 is 0 Å². The molecule has 0 aliphatic rings. The Bertz CT molecular complexity index is 2270. The molecule has 0 atom stereocenters. The van der Waals surface area contributed by atoms with Crippen LogP contribution < -0.4 is 5.32 Å². The molecule has 219 valence electrons. The number of para-hydroxylation sites is 1. The summed E-state index contributed by atoms with van der Waals surface area (Å²) in [6.45, 7) is 0. The van der Waals surface area contributed by atoms with Crippen molar-refractivity contribution in [3.05, 3.63) is 84.9 Å². The van der Waals surface area contributed by atoms with E-state index in [-0.39, 0.29) is 122 Å². The Morgan fingerprint density at radius 2 is 1.16 bits per heavy atom. The van der Waals surface area contributed by atoms with Crippen LogP contribution in [0.1, 0.15) is 0 Å². The maximum Gasteiger partial charge on any atom is 0.295 e. The van der Waals surface area contributed by atoms with Crippen LogP contribution in [0.25, 0.3) is 21.5 Å². The molecule has 5 N–H and O–H groups in total. The van der Waals surface area contributed by atoms with Gasteiger partial charge in [-0.25, -0.2) is 0 Å². The minimum atomic E-state index is -4.85. The Kier molecular flexibility index (Phi) is 13.4. The number of phenols is 1. The van der Waals surface area contributed by atoms with Gasteiger partial charge in [0.1, 0.15) is 10.6 Å². The second kappa shape index (κ2) is 15.2. The number of fused-ring (bicyclic) bond motifs is 2. The Labute approximate surface area is 324 Å². The molecule has 5 rings (SSSR count). The Morgan fingerprint density at radius 1 is 0.578 bits per heavy atom. The standard InChI is InChI=1S/C26H19N3O10S3.3Na/c30-23-14-18(41(34,35)36)12-15-11-17(40(31,32)33)13-22(25(15)23)29-28-20-9-10-21(27-16-5-2-1-3-6-16)26-19(20)7-4-8-24(26)42(37,38)39;;;/h1-14,27,30H,(H,31,32,33)(H,34,35,36)(H,37,38,39);;;. The quantitative estimate of drug-likeness (QED) is 0.0908. The summed E-state index contributed by atoms with van der Waals surface area (Å²) in [5, 5.41) is 21.7. The van der Waals surface area contributed by atoms with E-state index in [0.717, 1.165) is 24.3 Å². The van der Waals surface area contributed by atoms with Gasteiger partial charge >= 0.3 is 0 Å². The molecule has 0 aliphatic heterocycles. The molecule has 0 spiro atoms. The number of aromatic hydroxyl groups is 1. The van der Waals surface area contributed by atoms with E-state index in [4.69, 9.17) is 0 Å². The minimum absolute atomic E-state index is 0. The predicted octanol–water partition coefficient (Wildman–Crippen LogP) is 4.46. The molecule has 3 radical (unpaired) electrons. The van der Waals surface area contributed by atoms with Crippen molar-refractivity contribution in [1.29, 1.82) is 0 Å². The average molecular weight is 699 g/mol. The van der Waals surface area contributed by atoms with Gasteiger partial charge in [-0.15, -0.1) is 10.2 Å². The summed E-state index contributed by atoms with van der Waals surface area (Å²) in [5.41, 5.74) is 0.669. The Balaban J connectivity index is 0.00000235. The van der Waals surface area contributed by atoms with Gasteiger partial charge in [0.2, 0.25) is 0 Å². The maximum atomic E-state index is 12.3. The zero-order valence-electron chi connectivity index (χ0n) is 23.9. The molecule has 0 aliphatic carbocycles. The first kappa shape index (κ1) is 39.7. The number of hydrogen-bond donors (Lipinski definition) is 5. The van der Waals surface area contributed by atoms with Gasteiger partial charge in [0, 0.05) is 117 Å². The van der Waals surface area contributed by atoms with Crippen molar-refractivity contribution in [3.8, 4) is 5.75 Å². The number of hydrogen-bond acceptors (Lipinski definition) is 10. The smallest absolute Gasteiger partial charge is 0.295 e. The average Bonchev–Trinajstić information content (AvgIpc) is 2.90. The number of rotatable bonds is 7. The van der Waals surface area contributed by atoms with Gasteiger partial charge in [-0.2, -0.15) is 25.3 Å². The molecule has 5 aromatic rings. The molecule has 19 heteroatoms. The van der Waals surface area contributed by atoms with E-state index in [0.29, 0.717) is 11.4 Å². The van der Waals surface area contributed by atoms with Crippen molar-refractivity contribution in [1.82, 2.24) is 0 Å². The molecular formula is C26H19N3Na3O10S3. The van der Waals surface area contributed by atoms with Crippen LogP contribution in [0, 0.1) is 0 Å². The summed E-state index contributed by atoms with van der Waals surface area (Å²) in [7, 11) is -14.4. The molecule has 0 amide bonds. The van der Waals surface area contributed by atoms with Crippen LogP contribution in [0.4, 0.5) is 22.7 Å². The fourth-order valence-electron chi connectivity index (χ4n) is 4.34. The van der Waals surface area contributed by atoms with Crippen LogP contribution in [0.5, 0.6) is 5.75 Å². The number of anilines is 2. The van der Waals surface area contributed by atoms with Crippen molar-refractivity contribution in [2.45, 2.75) is 14.7 Å². The first-order valence-corrected chi connectivity index (χ1v) is 16.0. The third kappa shape index (κ3) is 8.92. The fourth-order valence-corrected chi connectivity index (χ4v) is 6.14. The third-order valence-corrected chi connectivity index (χ3v) is 8.68. The molecule has 0 saturated carbocycles. The molecule has 0 unspecified atom stereocenters. The summed E-state index contributed by atoms with van der Waals surface area (Å²) in [4.78, 5) is -1.88. The second-order valence-electron chi connectivity index (χ2n) is 8.91. The first-order valence-electron chi connectivity index (χ1n) is 11.7. The summed E-state index contributed by atoms with van der Waals surface area (Å²) >= 11 is 0. The number of benzene rings is 5. The zero-order chi connectivity index (χ0) is 30.4. The van der Waals surface area contributed by atoms with Crippen LogP contribution in [0.15, 0.2) is 110 Å². The van der Waals surface area contributed by atoms with Gasteiger partial charge in [0.15, 0.2) is 0 Å². The van der Waals surface area contributed by atoms with Gasteiger partial charge in [-0.05, 0) is 53.9 Å². The van der Waals surface area contributed by atoms with Crippen LogP contribution in [-0.4, -0.2) is 133 Å². The van der Waals surface area contributed by atoms with Crippen molar-refractivity contribution in [3.63, 3.8) is 0 Å². The number of nitrogens with zero attached hydrogens (tertiary/aromatic N) is 2. The summed E-state index contributed by atoms with van der Waals surface area (Å²) < 4.78 is 101. The Morgan fingerprint density at radius 3 is 1.73 bits per heavy atom. The Hall–Kier alpha value is -1.45. The van der Waals surface area contributed by atoms with Crippen molar-refractivity contribution < 1.29 is 44.0 Å². The first-order chi connectivity index (χ1) is 19.6. The van der Waals surface area contributed by atoms with Crippen LogP contribution in [0.2, 0.25) is 0 Å². The monoisotopic (exact) mass is 698 g/mol. The van der Waals surface area contributed by atoms with Crippen molar-refractivity contribution in [2.24, 2.45) is 10.2 Å². The number of azo groups is 1. The van der Waals surface area contributed by atoms with Crippen molar-refractivity contribution >= 4 is 163 Å². The zero-order valence-corrected chi connectivity index (χ0v) is 32.4. The van der Waals surface area contributed by atoms with Crippen LogP contribution in [-0.2, 0) is 30.4 Å². The molecule has 45 heavy (non-hydrogen) atoms. The second-order valence-corrected chi connectivity index (χ2v) is 13.1. The molecule has 0 fully saturated rings.